The van der Waals surface area contributed by atoms with E-state index in [1.54, 1.807) is 4.90 Å². The number of sulfonamides is 1. The number of carbonyl (C=O) groups is 4. The van der Waals surface area contributed by atoms with Crippen molar-refractivity contribution in [1.82, 2.24) is 14.5 Å². The fourth-order valence-corrected chi connectivity index (χ4v) is 7.58. The van der Waals surface area contributed by atoms with Crippen LogP contribution in [0.5, 0.6) is 5.75 Å². The van der Waals surface area contributed by atoms with Crippen molar-refractivity contribution >= 4 is 34.2 Å². The van der Waals surface area contributed by atoms with E-state index in [2.05, 4.69) is 5.32 Å². The van der Waals surface area contributed by atoms with E-state index in [-0.39, 0.29) is 44.2 Å². The van der Waals surface area contributed by atoms with Crippen LogP contribution in [0.15, 0.2) is 24.3 Å². The number of amides is 3. The lowest BCUT2D eigenvalue weighted by molar-refractivity contribution is -0.152. The zero-order chi connectivity index (χ0) is 31.0. The van der Waals surface area contributed by atoms with Crippen LogP contribution in [0.1, 0.15) is 69.8 Å². The molecule has 3 amide bonds. The summed E-state index contributed by atoms with van der Waals surface area (Å²) < 4.78 is 37.1. The number of nitrogens with two attached hydrogens (primary N) is 1. The van der Waals surface area contributed by atoms with Crippen LogP contribution in [0.25, 0.3) is 0 Å². The second kappa shape index (κ2) is 14.5. The number of fused-ring (bicyclic) bond motifs is 1. The van der Waals surface area contributed by atoms with Crippen molar-refractivity contribution in [3.63, 3.8) is 0 Å². The van der Waals surface area contributed by atoms with Gasteiger partial charge in [0, 0.05) is 37.5 Å². The molecule has 238 valence electrons. The first kappa shape index (κ1) is 32.7. The van der Waals surface area contributed by atoms with Crippen LogP contribution in [0.2, 0.25) is 0 Å². The fraction of sp³-hybridized carbons (Fsp3) is 0.667. The van der Waals surface area contributed by atoms with Crippen LogP contribution < -0.4 is 15.8 Å². The van der Waals surface area contributed by atoms with Gasteiger partial charge < -0.3 is 30.2 Å². The van der Waals surface area contributed by atoms with E-state index < -0.39 is 39.6 Å². The third-order valence-corrected chi connectivity index (χ3v) is 10.3. The van der Waals surface area contributed by atoms with Crippen LogP contribution in [-0.4, -0.2) is 86.0 Å². The maximum absolute atomic E-state index is 14.1. The van der Waals surface area contributed by atoms with Crippen molar-refractivity contribution in [2.75, 3.05) is 32.5 Å². The molecule has 3 aliphatic rings. The van der Waals surface area contributed by atoms with Gasteiger partial charge in [0.05, 0.1) is 18.8 Å². The largest absolute Gasteiger partial charge is 0.491 e. The van der Waals surface area contributed by atoms with E-state index >= 15 is 0 Å². The molecule has 2 fully saturated rings. The SMILES string of the molecule is CS(=O)(=O)N1CCC([C@](CC2CCCCC2)(OC(N)=O)C(=O)N[C@H](C=O)CCC(=O)N2CCOc3ccccc3C2)CC1. The molecule has 12 nitrogen and oxygen atoms in total. The lowest BCUT2D eigenvalue weighted by Crippen LogP contribution is -2.60. The van der Waals surface area contributed by atoms with E-state index in [4.69, 9.17) is 15.2 Å². The standard InChI is InChI=1S/C30H44N4O8S/c1-43(39,40)34-15-13-24(14-16-34)30(42-29(31)38,19-22-7-3-2-4-8-22)28(37)32-25(21-35)11-12-27(36)33-17-18-41-26-10-6-5-9-23(26)20-33/h5-6,9-10,21-22,24-25H,2-4,7-8,11-20H2,1H3,(H2,31,38)(H,32,37)/t25-,30-/m0/s1. The number of para-hydroxylation sites is 1. The normalized spacial score (nSPS) is 20.9. The van der Waals surface area contributed by atoms with E-state index in [9.17, 15) is 27.6 Å². The number of aldehydes is 1. The summed E-state index contributed by atoms with van der Waals surface area (Å²) in [5, 5.41) is 2.76. The highest BCUT2D eigenvalue weighted by Crippen LogP contribution is 2.41. The number of hydrogen-bond donors (Lipinski definition) is 2. The van der Waals surface area contributed by atoms with E-state index in [1.807, 2.05) is 24.3 Å². The Bertz CT molecular complexity index is 1260. The second-order valence-corrected chi connectivity index (χ2v) is 14.0. The Hall–Kier alpha value is -3.19. The minimum absolute atomic E-state index is 0.0188. The Labute approximate surface area is 253 Å². The molecule has 2 atom stereocenters. The summed E-state index contributed by atoms with van der Waals surface area (Å²) in [6.07, 6.45) is 6.37. The van der Waals surface area contributed by atoms with E-state index in [0.29, 0.717) is 38.8 Å². The Morgan fingerprint density at radius 1 is 1.12 bits per heavy atom. The molecular formula is C30H44N4O8S. The van der Waals surface area contributed by atoms with Gasteiger partial charge in [-0.15, -0.1) is 0 Å². The molecular weight excluding hydrogens is 576 g/mol. The molecule has 2 aliphatic heterocycles. The van der Waals surface area contributed by atoms with Crippen molar-refractivity contribution in [1.29, 1.82) is 0 Å². The lowest BCUT2D eigenvalue weighted by Gasteiger charge is -2.44. The van der Waals surface area contributed by atoms with Crippen LogP contribution in [0.3, 0.4) is 0 Å². The minimum atomic E-state index is -3.42. The summed E-state index contributed by atoms with van der Waals surface area (Å²) >= 11 is 0. The first-order valence-electron chi connectivity index (χ1n) is 15.2. The molecule has 1 aliphatic carbocycles. The molecule has 0 bridgehead atoms. The highest BCUT2D eigenvalue weighted by Gasteiger charge is 2.52. The molecule has 0 radical (unpaired) electrons. The molecule has 0 aromatic heterocycles. The number of piperidine rings is 1. The van der Waals surface area contributed by atoms with Crippen LogP contribution in [0.4, 0.5) is 4.79 Å². The average Bonchev–Trinajstić information content (AvgIpc) is 3.21. The maximum atomic E-state index is 14.1. The summed E-state index contributed by atoms with van der Waals surface area (Å²) in [5.41, 5.74) is 4.78. The zero-order valence-electron chi connectivity index (χ0n) is 24.9. The van der Waals surface area contributed by atoms with Gasteiger partial charge in [-0.2, -0.15) is 0 Å². The van der Waals surface area contributed by atoms with Gasteiger partial charge in [0.15, 0.2) is 5.60 Å². The van der Waals surface area contributed by atoms with Gasteiger partial charge in [-0.05, 0) is 37.7 Å². The first-order valence-corrected chi connectivity index (χ1v) is 17.0. The average molecular weight is 621 g/mol. The quantitative estimate of drug-likeness (QED) is 0.356. The van der Waals surface area contributed by atoms with Crippen molar-refractivity contribution < 1.29 is 37.1 Å². The predicted molar refractivity (Wildman–Crippen MR) is 158 cm³/mol. The van der Waals surface area contributed by atoms with Gasteiger partial charge in [-0.3, -0.25) is 9.59 Å². The van der Waals surface area contributed by atoms with Crippen molar-refractivity contribution in [2.24, 2.45) is 17.6 Å². The van der Waals surface area contributed by atoms with E-state index in [1.165, 1.54) is 4.31 Å². The smallest absolute Gasteiger partial charge is 0.405 e. The number of ether oxygens (including phenoxy) is 2. The van der Waals surface area contributed by atoms with Gasteiger partial charge in [-0.1, -0.05) is 50.3 Å². The molecule has 13 heteroatoms. The molecule has 1 saturated carbocycles. The van der Waals surface area contributed by atoms with Crippen LogP contribution in [-0.2, 0) is 35.7 Å². The van der Waals surface area contributed by atoms with Crippen LogP contribution in [0, 0.1) is 11.8 Å². The summed E-state index contributed by atoms with van der Waals surface area (Å²) in [7, 11) is -3.42. The Balaban J connectivity index is 1.48. The van der Waals surface area contributed by atoms with Gasteiger partial charge in [-0.25, -0.2) is 17.5 Å². The summed E-state index contributed by atoms with van der Waals surface area (Å²) in [6, 6.07) is 6.52. The third kappa shape index (κ3) is 8.47. The van der Waals surface area contributed by atoms with Gasteiger partial charge in [0.2, 0.25) is 15.9 Å². The third-order valence-electron chi connectivity index (χ3n) is 9.02. The summed E-state index contributed by atoms with van der Waals surface area (Å²) in [5.74, 6) is -0.447. The fourth-order valence-electron chi connectivity index (χ4n) is 6.71. The van der Waals surface area contributed by atoms with Crippen molar-refractivity contribution in [2.45, 2.75) is 82.4 Å². The van der Waals surface area contributed by atoms with Crippen molar-refractivity contribution in [3.05, 3.63) is 29.8 Å². The van der Waals surface area contributed by atoms with Crippen LogP contribution >= 0.6 is 0 Å². The number of hydrogen-bond acceptors (Lipinski definition) is 8. The molecule has 1 aromatic rings. The number of rotatable bonds is 11. The Morgan fingerprint density at radius 3 is 2.47 bits per heavy atom. The molecule has 43 heavy (non-hydrogen) atoms. The van der Waals surface area contributed by atoms with E-state index in [0.717, 1.165) is 49.7 Å². The number of nitrogens with one attached hydrogen (secondary N) is 1. The Kier molecular flexibility index (Phi) is 11.0. The topological polar surface area (TPSA) is 165 Å². The number of primary amides is 1. The monoisotopic (exact) mass is 620 g/mol. The predicted octanol–water partition coefficient (Wildman–Crippen LogP) is 2.35. The molecule has 4 rings (SSSR count). The van der Waals surface area contributed by atoms with Gasteiger partial charge in [0.25, 0.3) is 5.91 Å². The Morgan fingerprint density at radius 2 is 1.81 bits per heavy atom. The highest BCUT2D eigenvalue weighted by molar-refractivity contribution is 7.88. The molecule has 1 saturated heterocycles. The molecule has 0 unspecified atom stereocenters. The van der Waals surface area contributed by atoms with Crippen molar-refractivity contribution in [3.8, 4) is 5.75 Å². The number of carbonyl (C=O) groups excluding carboxylic acids is 4. The number of benzene rings is 1. The number of nitrogens with zero attached hydrogens (tertiary/aromatic N) is 2. The maximum Gasteiger partial charge on any atom is 0.405 e. The summed E-state index contributed by atoms with van der Waals surface area (Å²) in [6.45, 7) is 1.49. The molecule has 0 spiro atoms. The van der Waals surface area contributed by atoms with Gasteiger partial charge in [0.1, 0.15) is 18.6 Å². The molecule has 3 N–H and O–H groups in total. The lowest BCUT2D eigenvalue weighted by atomic mass is 9.71. The van der Waals surface area contributed by atoms with Gasteiger partial charge >= 0.3 is 6.09 Å². The molecule has 2 heterocycles. The summed E-state index contributed by atoms with van der Waals surface area (Å²) in [4.78, 5) is 53.3. The second-order valence-electron chi connectivity index (χ2n) is 12.0. The first-order chi connectivity index (χ1) is 20.5. The zero-order valence-corrected chi connectivity index (χ0v) is 25.7. The molecule has 1 aromatic carbocycles. The minimum Gasteiger partial charge on any atom is -0.491 e. The highest BCUT2D eigenvalue weighted by atomic mass is 32.2.